The minimum atomic E-state index is -0.00447. The normalized spacial score (nSPS) is 10.2. The Morgan fingerprint density at radius 2 is 2.19 bits per heavy atom. The largest absolute Gasteiger partial charge is 0.396 e. The molecule has 0 unspecified atom stereocenters. The number of carbonyl (C=O) groups excluding carboxylic acids is 1. The Labute approximate surface area is 104 Å². The predicted molar refractivity (Wildman–Crippen MR) is 68.4 cm³/mol. The van der Waals surface area contributed by atoms with E-state index in [1.807, 2.05) is 25.1 Å². The number of benzene rings is 1. The van der Waals surface area contributed by atoms with Gasteiger partial charge in [-0.3, -0.25) is 4.79 Å². The first-order chi connectivity index (χ1) is 7.63. The average molecular weight is 286 g/mol. The molecule has 0 aliphatic carbocycles. The summed E-state index contributed by atoms with van der Waals surface area (Å²) in [6.07, 6.45) is 1.85. The second-order valence-electron chi connectivity index (χ2n) is 3.69. The molecule has 0 atom stereocenters. The van der Waals surface area contributed by atoms with Crippen molar-refractivity contribution in [2.75, 3.05) is 11.9 Å². The SMILES string of the molecule is Cc1cc(NC(=O)CCCCO)ccc1Br. The fourth-order valence-electron chi connectivity index (χ4n) is 1.34. The van der Waals surface area contributed by atoms with Gasteiger partial charge in [-0.25, -0.2) is 0 Å². The molecule has 0 aromatic heterocycles. The van der Waals surface area contributed by atoms with Gasteiger partial charge in [0, 0.05) is 23.2 Å². The monoisotopic (exact) mass is 285 g/mol. The third-order valence-corrected chi connectivity index (χ3v) is 3.14. The fourth-order valence-corrected chi connectivity index (χ4v) is 1.59. The van der Waals surface area contributed by atoms with Crippen LogP contribution in [-0.2, 0) is 4.79 Å². The molecule has 0 fully saturated rings. The number of hydrogen-bond donors (Lipinski definition) is 2. The number of anilines is 1. The minimum Gasteiger partial charge on any atom is -0.396 e. The van der Waals surface area contributed by atoms with Gasteiger partial charge in [0.05, 0.1) is 0 Å². The highest BCUT2D eigenvalue weighted by Gasteiger charge is 2.03. The molecule has 1 amide bonds. The van der Waals surface area contributed by atoms with E-state index in [1.54, 1.807) is 0 Å². The van der Waals surface area contributed by atoms with Gasteiger partial charge in [-0.15, -0.1) is 0 Å². The Bertz CT molecular complexity index is 366. The maximum Gasteiger partial charge on any atom is 0.224 e. The molecule has 0 spiro atoms. The summed E-state index contributed by atoms with van der Waals surface area (Å²) in [6, 6.07) is 5.70. The molecule has 0 aliphatic heterocycles. The molecule has 16 heavy (non-hydrogen) atoms. The van der Waals surface area contributed by atoms with Gasteiger partial charge in [0.1, 0.15) is 0 Å². The van der Waals surface area contributed by atoms with Crippen LogP contribution in [0.25, 0.3) is 0 Å². The van der Waals surface area contributed by atoms with Gasteiger partial charge in [-0.05, 0) is 43.5 Å². The summed E-state index contributed by atoms with van der Waals surface area (Å²) in [4.78, 5) is 11.5. The lowest BCUT2D eigenvalue weighted by Crippen LogP contribution is -2.11. The van der Waals surface area contributed by atoms with Crippen LogP contribution in [0.5, 0.6) is 0 Å². The van der Waals surface area contributed by atoms with Crippen LogP contribution in [0.3, 0.4) is 0 Å². The molecule has 0 bridgehead atoms. The number of nitrogens with one attached hydrogen (secondary N) is 1. The van der Waals surface area contributed by atoms with E-state index in [-0.39, 0.29) is 12.5 Å². The van der Waals surface area contributed by atoms with E-state index >= 15 is 0 Å². The Hall–Kier alpha value is -0.870. The standard InChI is InChI=1S/C12H16BrNO2/c1-9-8-10(5-6-11(9)13)14-12(16)4-2-3-7-15/h5-6,8,15H,2-4,7H2,1H3,(H,14,16). The number of unbranched alkanes of at least 4 members (excludes halogenated alkanes) is 1. The molecule has 4 heteroatoms. The number of aliphatic hydroxyl groups excluding tert-OH is 1. The summed E-state index contributed by atoms with van der Waals surface area (Å²) in [5, 5.41) is 11.4. The molecular formula is C12H16BrNO2. The average Bonchev–Trinajstić information content (AvgIpc) is 2.24. The quantitative estimate of drug-likeness (QED) is 0.818. The summed E-state index contributed by atoms with van der Waals surface area (Å²) < 4.78 is 1.03. The van der Waals surface area contributed by atoms with Crippen molar-refractivity contribution >= 4 is 27.5 Å². The zero-order valence-electron chi connectivity index (χ0n) is 9.29. The molecule has 88 valence electrons. The molecule has 0 aliphatic rings. The second-order valence-corrected chi connectivity index (χ2v) is 4.55. The van der Waals surface area contributed by atoms with Crippen molar-refractivity contribution in [3.63, 3.8) is 0 Å². The predicted octanol–water partition coefficient (Wildman–Crippen LogP) is 2.86. The fraction of sp³-hybridized carbons (Fsp3) is 0.417. The number of aliphatic hydroxyl groups is 1. The Morgan fingerprint density at radius 1 is 1.44 bits per heavy atom. The smallest absolute Gasteiger partial charge is 0.224 e. The maximum absolute atomic E-state index is 11.5. The molecule has 1 rings (SSSR count). The van der Waals surface area contributed by atoms with Gasteiger partial charge >= 0.3 is 0 Å². The third kappa shape index (κ3) is 4.33. The summed E-state index contributed by atoms with van der Waals surface area (Å²) in [5.41, 5.74) is 1.91. The van der Waals surface area contributed by atoms with Gasteiger partial charge in [-0.2, -0.15) is 0 Å². The van der Waals surface area contributed by atoms with Gasteiger partial charge in [-0.1, -0.05) is 15.9 Å². The second kappa shape index (κ2) is 6.66. The van der Waals surface area contributed by atoms with Gasteiger partial charge < -0.3 is 10.4 Å². The molecule has 3 nitrogen and oxygen atoms in total. The van der Waals surface area contributed by atoms with Crippen LogP contribution in [0.2, 0.25) is 0 Å². The number of carbonyl (C=O) groups is 1. The van der Waals surface area contributed by atoms with Crippen molar-refractivity contribution in [3.8, 4) is 0 Å². The minimum absolute atomic E-state index is 0.00447. The van der Waals surface area contributed by atoms with Crippen LogP contribution in [0.15, 0.2) is 22.7 Å². The topological polar surface area (TPSA) is 49.3 Å². The molecule has 1 aromatic rings. The van der Waals surface area contributed by atoms with E-state index in [9.17, 15) is 4.79 Å². The highest BCUT2D eigenvalue weighted by Crippen LogP contribution is 2.20. The highest BCUT2D eigenvalue weighted by molar-refractivity contribution is 9.10. The maximum atomic E-state index is 11.5. The molecule has 1 aromatic carbocycles. The molecule has 0 saturated carbocycles. The number of aryl methyl sites for hydroxylation is 1. The lowest BCUT2D eigenvalue weighted by molar-refractivity contribution is -0.116. The van der Waals surface area contributed by atoms with E-state index < -0.39 is 0 Å². The van der Waals surface area contributed by atoms with E-state index in [0.717, 1.165) is 22.1 Å². The van der Waals surface area contributed by atoms with Crippen LogP contribution >= 0.6 is 15.9 Å². The van der Waals surface area contributed by atoms with E-state index in [0.29, 0.717) is 12.8 Å². The first kappa shape index (κ1) is 13.2. The molecular weight excluding hydrogens is 270 g/mol. The summed E-state index contributed by atoms with van der Waals surface area (Å²) >= 11 is 3.41. The van der Waals surface area contributed by atoms with Crippen LogP contribution in [-0.4, -0.2) is 17.6 Å². The van der Waals surface area contributed by atoms with E-state index in [1.165, 1.54) is 0 Å². The van der Waals surface area contributed by atoms with Crippen molar-refractivity contribution in [2.24, 2.45) is 0 Å². The van der Waals surface area contributed by atoms with Gasteiger partial charge in [0.2, 0.25) is 5.91 Å². The van der Waals surface area contributed by atoms with Crippen molar-refractivity contribution in [1.29, 1.82) is 0 Å². The molecule has 2 N–H and O–H groups in total. The van der Waals surface area contributed by atoms with Crippen molar-refractivity contribution in [1.82, 2.24) is 0 Å². The van der Waals surface area contributed by atoms with E-state index in [4.69, 9.17) is 5.11 Å². The van der Waals surface area contributed by atoms with Crippen LogP contribution in [0.1, 0.15) is 24.8 Å². The lowest BCUT2D eigenvalue weighted by Gasteiger charge is -2.06. The third-order valence-electron chi connectivity index (χ3n) is 2.25. The van der Waals surface area contributed by atoms with Crippen LogP contribution in [0, 0.1) is 6.92 Å². The van der Waals surface area contributed by atoms with Gasteiger partial charge in [0.25, 0.3) is 0 Å². The number of halogens is 1. The number of hydrogen-bond acceptors (Lipinski definition) is 2. The summed E-state index contributed by atoms with van der Waals surface area (Å²) in [6.45, 7) is 2.12. The lowest BCUT2D eigenvalue weighted by atomic mass is 10.2. The molecule has 0 radical (unpaired) electrons. The van der Waals surface area contributed by atoms with Crippen LogP contribution in [0.4, 0.5) is 5.69 Å². The van der Waals surface area contributed by atoms with Gasteiger partial charge in [0.15, 0.2) is 0 Å². The zero-order valence-corrected chi connectivity index (χ0v) is 10.9. The highest BCUT2D eigenvalue weighted by atomic mass is 79.9. The first-order valence-electron chi connectivity index (χ1n) is 5.30. The van der Waals surface area contributed by atoms with Crippen LogP contribution < -0.4 is 5.32 Å². The Kier molecular flexibility index (Phi) is 5.49. The van der Waals surface area contributed by atoms with Crippen molar-refractivity contribution < 1.29 is 9.90 Å². The first-order valence-corrected chi connectivity index (χ1v) is 6.09. The summed E-state index contributed by atoms with van der Waals surface area (Å²) in [7, 11) is 0. The van der Waals surface area contributed by atoms with E-state index in [2.05, 4.69) is 21.2 Å². The van der Waals surface area contributed by atoms with Crippen molar-refractivity contribution in [3.05, 3.63) is 28.2 Å². The molecule has 0 heterocycles. The number of amides is 1. The zero-order chi connectivity index (χ0) is 12.0. The Morgan fingerprint density at radius 3 is 2.81 bits per heavy atom. The van der Waals surface area contributed by atoms with Crippen molar-refractivity contribution in [2.45, 2.75) is 26.2 Å². The Balaban J connectivity index is 2.46. The summed E-state index contributed by atoms with van der Waals surface area (Å²) in [5.74, 6) is -0.00447. The number of rotatable bonds is 5. The molecule has 0 saturated heterocycles.